The van der Waals surface area contributed by atoms with Gasteiger partial charge in [0.05, 0.1) is 6.10 Å². The van der Waals surface area contributed by atoms with Crippen LogP contribution in [0.4, 0.5) is 4.39 Å². The molecular formula is C17H23FO4. The maximum Gasteiger partial charge on any atom is 0.350 e. The van der Waals surface area contributed by atoms with Gasteiger partial charge in [-0.2, -0.15) is 0 Å². The SMILES string of the molecule is COC1CCCC(OC(=O)C(C)(C)Oc2ccc(F)cc2)C1. The fourth-order valence-corrected chi connectivity index (χ4v) is 2.56. The first kappa shape index (κ1) is 16.7. The zero-order chi connectivity index (χ0) is 16.2. The predicted molar refractivity (Wildman–Crippen MR) is 80.3 cm³/mol. The van der Waals surface area contributed by atoms with Crippen LogP contribution >= 0.6 is 0 Å². The zero-order valence-corrected chi connectivity index (χ0v) is 13.3. The van der Waals surface area contributed by atoms with Crippen LogP contribution < -0.4 is 4.74 Å². The van der Waals surface area contributed by atoms with Gasteiger partial charge in [-0.1, -0.05) is 0 Å². The van der Waals surface area contributed by atoms with Crippen LogP contribution in [0.25, 0.3) is 0 Å². The van der Waals surface area contributed by atoms with Crippen molar-refractivity contribution in [1.29, 1.82) is 0 Å². The summed E-state index contributed by atoms with van der Waals surface area (Å²) in [6, 6.07) is 5.57. The summed E-state index contributed by atoms with van der Waals surface area (Å²) in [6.07, 6.45) is 3.55. The van der Waals surface area contributed by atoms with E-state index in [1.807, 2.05) is 0 Å². The van der Waals surface area contributed by atoms with E-state index >= 15 is 0 Å². The minimum absolute atomic E-state index is 0.137. The minimum Gasteiger partial charge on any atom is -0.476 e. The molecule has 0 bridgehead atoms. The van der Waals surface area contributed by atoms with Crippen LogP contribution in [0.2, 0.25) is 0 Å². The Morgan fingerprint density at radius 1 is 1.18 bits per heavy atom. The van der Waals surface area contributed by atoms with Crippen LogP contribution in [-0.4, -0.2) is 30.9 Å². The first-order valence-corrected chi connectivity index (χ1v) is 7.59. The summed E-state index contributed by atoms with van der Waals surface area (Å²) in [6.45, 7) is 3.30. The Balaban J connectivity index is 1.93. The number of hydrogen-bond donors (Lipinski definition) is 0. The highest BCUT2D eigenvalue weighted by atomic mass is 19.1. The molecule has 0 amide bonds. The van der Waals surface area contributed by atoms with Crippen LogP contribution in [0.3, 0.4) is 0 Å². The third-order valence-corrected chi connectivity index (χ3v) is 3.86. The molecule has 2 rings (SSSR count). The number of methoxy groups -OCH3 is 1. The van der Waals surface area contributed by atoms with Crippen molar-refractivity contribution in [3.8, 4) is 5.75 Å². The van der Waals surface area contributed by atoms with Gasteiger partial charge in [-0.25, -0.2) is 9.18 Å². The number of rotatable bonds is 5. The fraction of sp³-hybridized carbons (Fsp3) is 0.588. The summed E-state index contributed by atoms with van der Waals surface area (Å²) in [4.78, 5) is 12.3. The lowest BCUT2D eigenvalue weighted by molar-refractivity contribution is -0.168. The van der Waals surface area contributed by atoms with Crippen molar-refractivity contribution in [2.24, 2.45) is 0 Å². The smallest absolute Gasteiger partial charge is 0.350 e. The lowest BCUT2D eigenvalue weighted by atomic mass is 9.94. The van der Waals surface area contributed by atoms with E-state index in [9.17, 15) is 9.18 Å². The van der Waals surface area contributed by atoms with Crippen molar-refractivity contribution >= 4 is 5.97 Å². The van der Waals surface area contributed by atoms with Crippen LogP contribution in [0.5, 0.6) is 5.75 Å². The number of carbonyl (C=O) groups excluding carboxylic acids is 1. The van der Waals surface area contributed by atoms with Gasteiger partial charge in [0.25, 0.3) is 0 Å². The number of esters is 1. The average Bonchev–Trinajstić information content (AvgIpc) is 2.49. The standard InChI is InChI=1S/C17H23FO4/c1-17(2,22-13-9-7-12(18)8-10-13)16(19)21-15-6-4-5-14(11-15)20-3/h7-10,14-15H,4-6,11H2,1-3H3. The second kappa shape index (κ2) is 7.09. The average molecular weight is 310 g/mol. The molecule has 4 nitrogen and oxygen atoms in total. The van der Waals surface area contributed by atoms with Crippen molar-refractivity contribution < 1.29 is 23.4 Å². The summed E-state index contributed by atoms with van der Waals surface area (Å²) in [7, 11) is 1.68. The molecule has 0 saturated heterocycles. The monoisotopic (exact) mass is 310 g/mol. The summed E-state index contributed by atoms with van der Waals surface area (Å²) < 4.78 is 29.4. The largest absolute Gasteiger partial charge is 0.476 e. The third-order valence-electron chi connectivity index (χ3n) is 3.86. The van der Waals surface area contributed by atoms with Crippen LogP contribution in [0, 0.1) is 5.82 Å². The number of halogens is 1. The van der Waals surface area contributed by atoms with Gasteiger partial charge in [0.1, 0.15) is 17.7 Å². The summed E-state index contributed by atoms with van der Waals surface area (Å²) in [5.74, 6) is -0.333. The molecule has 0 spiro atoms. The number of ether oxygens (including phenoxy) is 3. The van der Waals surface area contributed by atoms with Crippen molar-refractivity contribution in [3.63, 3.8) is 0 Å². The molecule has 1 aliphatic carbocycles. The molecule has 1 saturated carbocycles. The van der Waals surface area contributed by atoms with Gasteiger partial charge in [0, 0.05) is 13.5 Å². The molecule has 1 aromatic rings. The molecule has 22 heavy (non-hydrogen) atoms. The van der Waals surface area contributed by atoms with E-state index in [0.29, 0.717) is 5.75 Å². The Morgan fingerprint density at radius 3 is 2.45 bits per heavy atom. The second-order valence-electron chi connectivity index (χ2n) is 6.12. The molecule has 1 aromatic carbocycles. The summed E-state index contributed by atoms with van der Waals surface area (Å²) in [5.41, 5.74) is -1.13. The van der Waals surface area contributed by atoms with E-state index in [0.717, 1.165) is 25.7 Å². The summed E-state index contributed by atoms with van der Waals surface area (Å²) in [5, 5.41) is 0. The Morgan fingerprint density at radius 2 is 1.82 bits per heavy atom. The van der Waals surface area contributed by atoms with Crippen molar-refractivity contribution in [1.82, 2.24) is 0 Å². The Hall–Kier alpha value is -1.62. The summed E-state index contributed by atoms with van der Waals surface area (Å²) >= 11 is 0. The van der Waals surface area contributed by atoms with Crippen LogP contribution in [-0.2, 0) is 14.3 Å². The van der Waals surface area contributed by atoms with Crippen molar-refractivity contribution in [3.05, 3.63) is 30.1 Å². The molecule has 0 aliphatic heterocycles. The molecule has 0 N–H and O–H groups in total. The zero-order valence-electron chi connectivity index (χ0n) is 13.3. The van der Waals surface area contributed by atoms with Gasteiger partial charge < -0.3 is 14.2 Å². The van der Waals surface area contributed by atoms with Gasteiger partial charge in [0.15, 0.2) is 5.60 Å². The number of benzene rings is 1. The van der Waals surface area contributed by atoms with E-state index in [2.05, 4.69) is 0 Å². The van der Waals surface area contributed by atoms with Gasteiger partial charge in [-0.05, 0) is 57.4 Å². The second-order valence-corrected chi connectivity index (χ2v) is 6.12. The molecular weight excluding hydrogens is 287 g/mol. The Labute approximate surface area is 130 Å². The predicted octanol–water partition coefficient (Wildman–Crippen LogP) is 3.48. The van der Waals surface area contributed by atoms with E-state index in [4.69, 9.17) is 14.2 Å². The molecule has 2 unspecified atom stereocenters. The quantitative estimate of drug-likeness (QED) is 0.781. The highest BCUT2D eigenvalue weighted by molar-refractivity contribution is 5.79. The third kappa shape index (κ3) is 4.44. The highest BCUT2D eigenvalue weighted by Crippen LogP contribution is 2.26. The molecule has 122 valence electrons. The van der Waals surface area contributed by atoms with Crippen LogP contribution in [0.15, 0.2) is 24.3 Å². The topological polar surface area (TPSA) is 44.8 Å². The molecule has 2 atom stereocenters. The lowest BCUT2D eigenvalue weighted by Gasteiger charge is -2.31. The molecule has 0 aromatic heterocycles. The van der Waals surface area contributed by atoms with E-state index in [-0.39, 0.29) is 18.0 Å². The Kier molecular flexibility index (Phi) is 5.40. The molecule has 1 aliphatic rings. The molecule has 1 fully saturated rings. The van der Waals surface area contributed by atoms with Crippen molar-refractivity contribution in [2.45, 2.75) is 57.3 Å². The lowest BCUT2D eigenvalue weighted by Crippen LogP contribution is -2.42. The van der Waals surface area contributed by atoms with Crippen LogP contribution in [0.1, 0.15) is 39.5 Å². The molecule has 0 heterocycles. The molecule has 5 heteroatoms. The molecule has 0 radical (unpaired) electrons. The maximum atomic E-state index is 12.9. The first-order valence-electron chi connectivity index (χ1n) is 7.59. The normalized spacial score (nSPS) is 22.2. The van der Waals surface area contributed by atoms with Gasteiger partial charge in [0.2, 0.25) is 0 Å². The minimum atomic E-state index is -1.13. The van der Waals surface area contributed by atoms with E-state index in [1.54, 1.807) is 21.0 Å². The number of hydrogen-bond acceptors (Lipinski definition) is 4. The fourth-order valence-electron chi connectivity index (χ4n) is 2.56. The van der Waals surface area contributed by atoms with Gasteiger partial charge in [-0.15, -0.1) is 0 Å². The van der Waals surface area contributed by atoms with Gasteiger partial charge >= 0.3 is 5.97 Å². The van der Waals surface area contributed by atoms with Gasteiger partial charge in [-0.3, -0.25) is 0 Å². The van der Waals surface area contributed by atoms with Crippen molar-refractivity contribution in [2.75, 3.05) is 7.11 Å². The Bertz CT molecular complexity index is 498. The van der Waals surface area contributed by atoms with E-state index < -0.39 is 11.6 Å². The maximum absolute atomic E-state index is 12.9. The van der Waals surface area contributed by atoms with E-state index in [1.165, 1.54) is 24.3 Å². The first-order chi connectivity index (χ1) is 10.4. The number of carbonyl (C=O) groups is 1. The highest BCUT2D eigenvalue weighted by Gasteiger charge is 2.35.